The molecule has 3 unspecified atom stereocenters. The van der Waals surface area contributed by atoms with E-state index in [1.165, 1.54) is 25.7 Å². The number of hydrogen-bond donors (Lipinski definition) is 1. The molecule has 2 N–H and O–H groups in total. The standard InChI is InChI=1S/C7H12BrN.ClH/c8-6-3-5-1-2-7(6,9)4-5;/h5-6H,1-4,9H2;1H. The van der Waals surface area contributed by atoms with Crippen LogP contribution < -0.4 is 5.73 Å². The summed E-state index contributed by atoms with van der Waals surface area (Å²) in [6, 6.07) is 0. The number of nitrogens with two attached hydrogens (primary N) is 1. The first kappa shape index (κ1) is 8.82. The molecule has 0 saturated heterocycles. The molecule has 2 aliphatic rings. The topological polar surface area (TPSA) is 26.0 Å². The van der Waals surface area contributed by atoms with E-state index in [9.17, 15) is 0 Å². The Morgan fingerprint density at radius 2 is 2.20 bits per heavy atom. The molecule has 0 aliphatic heterocycles. The molecule has 0 amide bonds. The fourth-order valence-corrected chi connectivity index (χ4v) is 3.17. The molecular formula is C7H13BrClN. The molecule has 1 nitrogen and oxygen atoms in total. The normalized spacial score (nSPS) is 51.0. The van der Waals surface area contributed by atoms with Gasteiger partial charge >= 0.3 is 0 Å². The molecule has 0 spiro atoms. The minimum absolute atomic E-state index is 0. The van der Waals surface area contributed by atoms with Crippen LogP contribution in [0.5, 0.6) is 0 Å². The van der Waals surface area contributed by atoms with Gasteiger partial charge in [0.25, 0.3) is 0 Å². The van der Waals surface area contributed by atoms with E-state index >= 15 is 0 Å². The van der Waals surface area contributed by atoms with Crippen molar-refractivity contribution in [2.45, 2.75) is 36.0 Å². The van der Waals surface area contributed by atoms with Crippen LogP contribution in [0.3, 0.4) is 0 Å². The predicted octanol–water partition coefficient (Wildman–Crippen LogP) is 2.07. The Hall–Kier alpha value is 0.730. The van der Waals surface area contributed by atoms with Crippen LogP contribution in [0.4, 0.5) is 0 Å². The minimum Gasteiger partial charge on any atom is -0.324 e. The second-order valence-corrected chi connectivity index (χ2v) is 4.65. The summed E-state index contributed by atoms with van der Waals surface area (Å²) < 4.78 is 0. The minimum atomic E-state index is 0. The summed E-state index contributed by atoms with van der Waals surface area (Å²) in [6.45, 7) is 0. The molecule has 0 heterocycles. The molecule has 2 aliphatic carbocycles. The Kier molecular flexibility index (Phi) is 2.34. The van der Waals surface area contributed by atoms with Crippen molar-refractivity contribution >= 4 is 28.3 Å². The van der Waals surface area contributed by atoms with Gasteiger partial charge in [0.1, 0.15) is 0 Å². The summed E-state index contributed by atoms with van der Waals surface area (Å²) in [6.07, 6.45) is 5.20. The van der Waals surface area contributed by atoms with Gasteiger partial charge in [-0.05, 0) is 31.6 Å². The fourth-order valence-electron chi connectivity index (χ4n) is 2.23. The van der Waals surface area contributed by atoms with Crippen molar-refractivity contribution in [2.24, 2.45) is 11.7 Å². The zero-order valence-corrected chi connectivity index (χ0v) is 8.25. The molecule has 0 aromatic heterocycles. The smallest absolute Gasteiger partial charge is 0.0328 e. The highest BCUT2D eigenvalue weighted by molar-refractivity contribution is 9.09. The van der Waals surface area contributed by atoms with Gasteiger partial charge in [0, 0.05) is 10.4 Å². The van der Waals surface area contributed by atoms with Crippen LogP contribution in [-0.4, -0.2) is 10.4 Å². The summed E-state index contributed by atoms with van der Waals surface area (Å²) in [7, 11) is 0. The van der Waals surface area contributed by atoms with Crippen molar-refractivity contribution in [3.05, 3.63) is 0 Å². The van der Waals surface area contributed by atoms with Gasteiger partial charge in [-0.25, -0.2) is 0 Å². The molecule has 3 atom stereocenters. The van der Waals surface area contributed by atoms with Gasteiger partial charge < -0.3 is 5.73 Å². The van der Waals surface area contributed by atoms with E-state index in [-0.39, 0.29) is 17.9 Å². The summed E-state index contributed by atoms with van der Waals surface area (Å²) >= 11 is 3.63. The number of halogens is 2. The Morgan fingerprint density at radius 1 is 1.50 bits per heavy atom. The lowest BCUT2D eigenvalue weighted by atomic mass is 9.95. The number of alkyl halides is 1. The highest BCUT2D eigenvalue weighted by Crippen LogP contribution is 2.49. The highest BCUT2D eigenvalue weighted by Gasteiger charge is 2.48. The van der Waals surface area contributed by atoms with Gasteiger partial charge in [-0.2, -0.15) is 0 Å². The van der Waals surface area contributed by atoms with Crippen LogP contribution in [0.2, 0.25) is 0 Å². The zero-order chi connectivity index (χ0) is 6.48. The Bertz CT molecular complexity index is 142. The van der Waals surface area contributed by atoms with Crippen molar-refractivity contribution in [2.75, 3.05) is 0 Å². The van der Waals surface area contributed by atoms with Crippen LogP contribution in [0.15, 0.2) is 0 Å². The number of hydrogen-bond acceptors (Lipinski definition) is 1. The molecule has 2 rings (SSSR count). The lowest BCUT2D eigenvalue weighted by Crippen LogP contribution is -2.42. The highest BCUT2D eigenvalue weighted by atomic mass is 79.9. The van der Waals surface area contributed by atoms with Crippen molar-refractivity contribution in [3.8, 4) is 0 Å². The van der Waals surface area contributed by atoms with Crippen LogP contribution in [0, 0.1) is 5.92 Å². The number of rotatable bonds is 0. The van der Waals surface area contributed by atoms with E-state index in [2.05, 4.69) is 15.9 Å². The molecule has 60 valence electrons. The Morgan fingerprint density at radius 3 is 2.40 bits per heavy atom. The maximum atomic E-state index is 6.10. The molecule has 0 radical (unpaired) electrons. The quantitative estimate of drug-likeness (QED) is 0.629. The van der Waals surface area contributed by atoms with Gasteiger partial charge in [-0.3, -0.25) is 0 Å². The first-order valence-corrected chi connectivity index (χ1v) is 4.55. The van der Waals surface area contributed by atoms with E-state index in [1.807, 2.05) is 0 Å². The first-order valence-electron chi connectivity index (χ1n) is 3.64. The van der Waals surface area contributed by atoms with Gasteiger partial charge in [-0.1, -0.05) is 15.9 Å². The molecule has 3 heteroatoms. The SMILES string of the molecule is Cl.NC12CCC(CC1Br)C2. The van der Waals surface area contributed by atoms with Crippen LogP contribution in [-0.2, 0) is 0 Å². The largest absolute Gasteiger partial charge is 0.324 e. The maximum Gasteiger partial charge on any atom is 0.0328 e. The first-order chi connectivity index (χ1) is 4.21. The van der Waals surface area contributed by atoms with Crippen LogP contribution in [0.1, 0.15) is 25.7 Å². The third-order valence-electron chi connectivity index (χ3n) is 2.85. The molecular weight excluding hydrogens is 213 g/mol. The number of fused-ring (bicyclic) bond motifs is 2. The predicted molar refractivity (Wildman–Crippen MR) is 48.8 cm³/mol. The van der Waals surface area contributed by atoms with Gasteiger partial charge in [0.2, 0.25) is 0 Å². The Balaban J connectivity index is 0.000000500. The van der Waals surface area contributed by atoms with Gasteiger partial charge in [-0.15, -0.1) is 12.4 Å². The van der Waals surface area contributed by atoms with Crippen molar-refractivity contribution in [1.29, 1.82) is 0 Å². The van der Waals surface area contributed by atoms with Crippen LogP contribution in [0.25, 0.3) is 0 Å². The second-order valence-electron chi connectivity index (χ2n) is 3.55. The molecule has 2 fully saturated rings. The molecule has 2 saturated carbocycles. The van der Waals surface area contributed by atoms with E-state index in [0.717, 1.165) is 5.92 Å². The van der Waals surface area contributed by atoms with Gasteiger partial charge in [0.05, 0.1) is 0 Å². The van der Waals surface area contributed by atoms with Crippen LogP contribution >= 0.6 is 28.3 Å². The van der Waals surface area contributed by atoms with E-state index in [0.29, 0.717) is 4.83 Å². The summed E-state index contributed by atoms with van der Waals surface area (Å²) in [4.78, 5) is 0.615. The molecule has 10 heavy (non-hydrogen) atoms. The van der Waals surface area contributed by atoms with Gasteiger partial charge in [0.15, 0.2) is 0 Å². The van der Waals surface area contributed by atoms with E-state index in [4.69, 9.17) is 5.73 Å². The lowest BCUT2D eigenvalue weighted by molar-refractivity contribution is 0.436. The fraction of sp³-hybridized carbons (Fsp3) is 1.00. The average Bonchev–Trinajstić information content (AvgIpc) is 2.22. The average molecular weight is 227 g/mol. The summed E-state index contributed by atoms with van der Waals surface area (Å²) in [5, 5.41) is 0. The molecule has 0 aromatic rings. The third kappa shape index (κ3) is 1.10. The van der Waals surface area contributed by atoms with Crippen molar-refractivity contribution in [1.82, 2.24) is 0 Å². The van der Waals surface area contributed by atoms with E-state index < -0.39 is 0 Å². The molecule has 0 aromatic carbocycles. The lowest BCUT2D eigenvalue weighted by Gasteiger charge is -2.26. The monoisotopic (exact) mass is 225 g/mol. The van der Waals surface area contributed by atoms with E-state index in [1.54, 1.807) is 0 Å². The second kappa shape index (κ2) is 2.65. The Labute approximate surface area is 76.3 Å². The third-order valence-corrected chi connectivity index (χ3v) is 4.14. The maximum absolute atomic E-state index is 6.10. The van der Waals surface area contributed by atoms with Crippen molar-refractivity contribution < 1.29 is 0 Å². The summed E-state index contributed by atoms with van der Waals surface area (Å²) in [5.74, 6) is 0.944. The summed E-state index contributed by atoms with van der Waals surface area (Å²) in [5.41, 5.74) is 6.28. The van der Waals surface area contributed by atoms with Crippen molar-refractivity contribution in [3.63, 3.8) is 0 Å². The zero-order valence-electron chi connectivity index (χ0n) is 5.85. The molecule has 2 bridgehead atoms.